The van der Waals surface area contributed by atoms with Crippen LogP contribution >= 0.6 is 0 Å². The maximum Gasteiger partial charge on any atom is 0.298 e. The second-order valence-electron chi connectivity index (χ2n) is 6.29. The third kappa shape index (κ3) is 2.67. The molecule has 3 nitrogen and oxygen atoms in total. The summed E-state index contributed by atoms with van der Waals surface area (Å²) in [4.78, 5) is 8.17. The summed E-state index contributed by atoms with van der Waals surface area (Å²) < 4.78 is 61.1. The van der Waals surface area contributed by atoms with Crippen LogP contribution < -0.4 is 4.74 Å². The molecule has 0 bridgehead atoms. The summed E-state index contributed by atoms with van der Waals surface area (Å²) in [7, 11) is 1.37. The van der Waals surface area contributed by atoms with Crippen molar-refractivity contribution in [3.63, 3.8) is 0 Å². The lowest BCUT2D eigenvalue weighted by atomic mass is 9.81. The van der Waals surface area contributed by atoms with Crippen molar-refractivity contribution in [1.29, 1.82) is 0 Å². The van der Waals surface area contributed by atoms with E-state index in [-0.39, 0.29) is 22.7 Å². The first-order valence-corrected chi connectivity index (χ1v) is 7.58. The highest BCUT2D eigenvalue weighted by Crippen LogP contribution is 2.47. The van der Waals surface area contributed by atoms with Crippen molar-refractivity contribution >= 4 is 5.71 Å². The number of hydrogen-bond donors (Lipinski definition) is 0. The number of alkyl halides is 3. The molecule has 1 aromatic heterocycles. The van der Waals surface area contributed by atoms with Crippen LogP contribution in [0.15, 0.2) is 35.5 Å². The molecule has 0 amide bonds. The molecule has 0 spiro atoms. The van der Waals surface area contributed by atoms with E-state index in [2.05, 4.69) is 9.98 Å². The first-order chi connectivity index (χ1) is 11.7. The van der Waals surface area contributed by atoms with Crippen molar-refractivity contribution in [2.45, 2.75) is 32.0 Å². The Hall–Kier alpha value is -2.44. The molecule has 25 heavy (non-hydrogen) atoms. The molecule has 2 aromatic rings. The lowest BCUT2D eigenvalue weighted by Gasteiger charge is -2.37. The van der Waals surface area contributed by atoms with Gasteiger partial charge >= 0.3 is 0 Å². The largest absolute Gasteiger partial charge is 0.495 e. The summed E-state index contributed by atoms with van der Waals surface area (Å²) in [6.45, 7) is 1.74. The number of ether oxygens (including phenoxy) is 1. The lowest BCUT2D eigenvalue weighted by Crippen LogP contribution is -2.44. The zero-order valence-electron chi connectivity index (χ0n) is 13.9. The molecule has 0 N–H and O–H groups in total. The number of halogens is 4. The third-order valence-corrected chi connectivity index (χ3v) is 4.29. The minimum absolute atomic E-state index is 0.103. The second-order valence-corrected chi connectivity index (χ2v) is 6.29. The van der Waals surface area contributed by atoms with Crippen LogP contribution in [0.5, 0.6) is 5.75 Å². The number of nitrogens with zero attached hydrogens (tertiary/aromatic N) is 2. The quantitative estimate of drug-likeness (QED) is 0.767. The summed E-state index contributed by atoms with van der Waals surface area (Å²) in [5.74, 6) is -3.90. The maximum absolute atomic E-state index is 14.7. The van der Waals surface area contributed by atoms with Crippen molar-refractivity contribution in [2.75, 3.05) is 7.11 Å². The van der Waals surface area contributed by atoms with Gasteiger partial charge in [-0.1, -0.05) is 0 Å². The van der Waals surface area contributed by atoms with Crippen LogP contribution in [-0.2, 0) is 12.6 Å². The molecule has 0 saturated carbocycles. The Morgan fingerprint density at radius 3 is 2.52 bits per heavy atom. The van der Waals surface area contributed by atoms with Crippen molar-refractivity contribution in [1.82, 2.24) is 4.98 Å². The van der Waals surface area contributed by atoms with Gasteiger partial charge in [-0.05, 0) is 38.1 Å². The van der Waals surface area contributed by atoms with Gasteiger partial charge < -0.3 is 4.74 Å². The zero-order chi connectivity index (χ0) is 18.4. The average molecular weight is 352 g/mol. The van der Waals surface area contributed by atoms with E-state index in [1.807, 2.05) is 0 Å². The molecule has 1 aliphatic heterocycles. The molecule has 0 fully saturated rings. The van der Waals surface area contributed by atoms with Crippen molar-refractivity contribution in [3.05, 3.63) is 58.7 Å². The Kier molecular flexibility index (Phi) is 4.05. The Bertz CT molecular complexity index is 862. The van der Waals surface area contributed by atoms with E-state index in [0.29, 0.717) is 5.56 Å². The molecule has 3 rings (SSSR count). The summed E-state index contributed by atoms with van der Waals surface area (Å²) in [5, 5.41) is 0. The summed E-state index contributed by atoms with van der Waals surface area (Å²) >= 11 is 0. The van der Waals surface area contributed by atoms with Gasteiger partial charge in [0.15, 0.2) is 0 Å². The summed E-state index contributed by atoms with van der Waals surface area (Å²) in [5.41, 5.74) is -1.37. The topological polar surface area (TPSA) is 34.5 Å². The number of pyridine rings is 1. The standard InChI is InChI=1S/C18H16F4N2O/c1-17(2)18(21,22)13-7-11(20)4-5-12(13)16(24-17)10-6-15(25-3)14(8-19)23-9-10/h4-7,9H,8H2,1-3H3. The van der Waals surface area contributed by atoms with Gasteiger partial charge in [-0.3, -0.25) is 9.98 Å². The number of rotatable bonds is 3. The van der Waals surface area contributed by atoms with E-state index in [9.17, 15) is 17.6 Å². The van der Waals surface area contributed by atoms with Crippen LogP contribution in [0.1, 0.15) is 36.2 Å². The molecule has 0 radical (unpaired) electrons. The van der Waals surface area contributed by atoms with E-state index in [1.54, 1.807) is 0 Å². The number of benzene rings is 1. The fourth-order valence-corrected chi connectivity index (χ4v) is 2.82. The van der Waals surface area contributed by atoms with Gasteiger partial charge in [0, 0.05) is 22.9 Å². The Morgan fingerprint density at radius 2 is 1.88 bits per heavy atom. The van der Waals surface area contributed by atoms with E-state index in [4.69, 9.17) is 4.74 Å². The predicted octanol–water partition coefficient (Wildman–Crippen LogP) is 4.42. The van der Waals surface area contributed by atoms with Crippen LogP contribution in [0, 0.1) is 5.82 Å². The van der Waals surface area contributed by atoms with Gasteiger partial charge in [0.05, 0.1) is 12.8 Å². The minimum Gasteiger partial charge on any atom is -0.495 e. The minimum atomic E-state index is -3.34. The molecular formula is C18H16F4N2O. The number of fused-ring (bicyclic) bond motifs is 1. The smallest absolute Gasteiger partial charge is 0.298 e. The van der Waals surface area contributed by atoms with Crippen molar-refractivity contribution < 1.29 is 22.3 Å². The van der Waals surface area contributed by atoms with Gasteiger partial charge in [-0.15, -0.1) is 0 Å². The van der Waals surface area contributed by atoms with E-state index in [1.165, 1.54) is 39.3 Å². The lowest BCUT2D eigenvalue weighted by molar-refractivity contribution is -0.0684. The Labute approximate surface area is 142 Å². The van der Waals surface area contributed by atoms with Gasteiger partial charge in [0.1, 0.15) is 29.5 Å². The molecular weight excluding hydrogens is 336 g/mol. The van der Waals surface area contributed by atoms with Crippen molar-refractivity contribution in [3.8, 4) is 5.75 Å². The fourth-order valence-electron chi connectivity index (χ4n) is 2.82. The average Bonchev–Trinajstić information content (AvgIpc) is 2.58. The second kappa shape index (κ2) is 5.82. The highest BCUT2D eigenvalue weighted by atomic mass is 19.3. The van der Waals surface area contributed by atoms with Gasteiger partial charge in [0.25, 0.3) is 5.92 Å². The Morgan fingerprint density at radius 1 is 1.16 bits per heavy atom. The number of aliphatic imine (C=N–C) groups is 1. The van der Waals surface area contributed by atoms with Crippen LogP contribution in [0.4, 0.5) is 17.6 Å². The van der Waals surface area contributed by atoms with Crippen LogP contribution in [0.25, 0.3) is 0 Å². The Balaban J connectivity index is 2.25. The van der Waals surface area contributed by atoms with Crippen LogP contribution in [0.2, 0.25) is 0 Å². The predicted molar refractivity (Wildman–Crippen MR) is 85.6 cm³/mol. The highest BCUT2D eigenvalue weighted by Gasteiger charge is 2.53. The SMILES string of the molecule is COc1cc(C2=NC(C)(C)C(F)(F)c3cc(F)ccc32)cnc1CF. The third-order valence-electron chi connectivity index (χ3n) is 4.29. The number of hydrogen-bond acceptors (Lipinski definition) is 3. The van der Waals surface area contributed by atoms with Crippen molar-refractivity contribution in [2.24, 2.45) is 4.99 Å². The molecule has 0 saturated heterocycles. The van der Waals surface area contributed by atoms with E-state index >= 15 is 0 Å². The van der Waals surface area contributed by atoms with Crippen LogP contribution in [-0.4, -0.2) is 23.3 Å². The van der Waals surface area contributed by atoms with Gasteiger partial charge in [0.2, 0.25) is 0 Å². The molecule has 1 aliphatic rings. The van der Waals surface area contributed by atoms with E-state index < -0.39 is 29.5 Å². The normalized spacial score (nSPS) is 17.6. The molecule has 0 aliphatic carbocycles. The molecule has 1 aromatic carbocycles. The van der Waals surface area contributed by atoms with Crippen LogP contribution in [0.3, 0.4) is 0 Å². The molecule has 0 atom stereocenters. The molecule has 0 unspecified atom stereocenters. The maximum atomic E-state index is 14.7. The number of methoxy groups -OCH3 is 1. The molecule has 7 heteroatoms. The molecule has 2 heterocycles. The van der Waals surface area contributed by atoms with Gasteiger partial charge in [-0.2, -0.15) is 8.78 Å². The zero-order valence-corrected chi connectivity index (χ0v) is 13.9. The highest BCUT2D eigenvalue weighted by molar-refractivity contribution is 6.14. The molecule has 132 valence electrons. The summed E-state index contributed by atoms with van der Waals surface area (Å²) in [6, 6.07) is 4.69. The summed E-state index contributed by atoms with van der Waals surface area (Å²) in [6.07, 6.45) is 1.35. The monoisotopic (exact) mass is 352 g/mol. The fraction of sp³-hybridized carbons (Fsp3) is 0.333. The first-order valence-electron chi connectivity index (χ1n) is 7.58. The van der Waals surface area contributed by atoms with Gasteiger partial charge in [-0.25, -0.2) is 8.78 Å². The number of aromatic nitrogens is 1. The first kappa shape index (κ1) is 17.4. The van der Waals surface area contributed by atoms with E-state index in [0.717, 1.165) is 12.1 Å².